The molecule has 1 saturated heterocycles. The van der Waals surface area contributed by atoms with Crippen molar-refractivity contribution in [1.82, 2.24) is 24.6 Å². The molecule has 2 fully saturated rings. The molecule has 3 aromatic rings. The summed E-state index contributed by atoms with van der Waals surface area (Å²) < 4.78 is 41.5. The molecule has 2 aromatic heterocycles. The van der Waals surface area contributed by atoms with Crippen molar-refractivity contribution in [2.75, 3.05) is 24.5 Å². The van der Waals surface area contributed by atoms with Crippen LogP contribution in [0.3, 0.4) is 0 Å². The lowest BCUT2D eigenvalue weighted by Crippen LogP contribution is -2.62. The minimum atomic E-state index is -4.29. The molecule has 1 aliphatic carbocycles. The fourth-order valence-corrected chi connectivity index (χ4v) is 5.96. The lowest BCUT2D eigenvalue weighted by atomic mass is 9.57. The molecule has 3 aliphatic rings. The maximum atomic E-state index is 13.2. The van der Waals surface area contributed by atoms with E-state index in [1.165, 1.54) is 10.5 Å². The summed E-state index contributed by atoms with van der Waals surface area (Å²) in [5.74, 6) is 2.62. The number of rotatable bonds is 3. The molecule has 34 heavy (non-hydrogen) atoms. The number of nitrogens with zero attached hydrogens (tertiary/aromatic N) is 6. The van der Waals surface area contributed by atoms with Crippen LogP contribution in [0.1, 0.15) is 41.5 Å². The van der Waals surface area contributed by atoms with Gasteiger partial charge in [0.05, 0.1) is 18.8 Å². The monoisotopic (exact) mass is 488 g/mol. The van der Waals surface area contributed by atoms with Crippen molar-refractivity contribution in [3.8, 4) is 5.69 Å². The molecular formula is C24H24ClF3N6. The van der Waals surface area contributed by atoms with Crippen molar-refractivity contribution in [3.63, 3.8) is 0 Å². The van der Waals surface area contributed by atoms with Crippen molar-refractivity contribution >= 4 is 17.4 Å². The van der Waals surface area contributed by atoms with Crippen LogP contribution in [0, 0.1) is 12.3 Å². The molecule has 1 saturated carbocycles. The highest BCUT2D eigenvalue weighted by Crippen LogP contribution is 2.56. The van der Waals surface area contributed by atoms with Crippen LogP contribution in [-0.4, -0.2) is 50.5 Å². The summed E-state index contributed by atoms with van der Waals surface area (Å²) in [6.45, 7) is 3.24. The topological polar surface area (TPSA) is 50.1 Å². The lowest BCUT2D eigenvalue weighted by molar-refractivity contribution is -0.148. The summed E-state index contributed by atoms with van der Waals surface area (Å²) in [7, 11) is 0. The number of aryl methyl sites for hydroxylation is 1. The Kier molecular flexibility index (Phi) is 4.94. The quantitative estimate of drug-likeness (QED) is 0.525. The number of pyridine rings is 1. The molecular weight excluding hydrogens is 465 g/mol. The van der Waals surface area contributed by atoms with Crippen molar-refractivity contribution in [2.24, 2.45) is 5.41 Å². The van der Waals surface area contributed by atoms with Gasteiger partial charge in [-0.25, -0.2) is 4.98 Å². The Labute approximate surface area is 200 Å². The Morgan fingerprint density at radius 2 is 1.88 bits per heavy atom. The third-order valence-corrected chi connectivity index (χ3v) is 7.44. The van der Waals surface area contributed by atoms with E-state index in [4.69, 9.17) is 11.6 Å². The molecule has 0 N–H and O–H groups in total. The van der Waals surface area contributed by atoms with Crippen LogP contribution in [0.15, 0.2) is 36.5 Å². The molecule has 0 unspecified atom stereocenters. The second-order valence-electron chi connectivity index (χ2n) is 10.00. The predicted octanol–water partition coefficient (Wildman–Crippen LogP) is 4.89. The Morgan fingerprint density at radius 1 is 1.09 bits per heavy atom. The van der Waals surface area contributed by atoms with E-state index >= 15 is 0 Å². The molecule has 0 atom stereocenters. The molecule has 0 radical (unpaired) electrons. The summed E-state index contributed by atoms with van der Waals surface area (Å²) in [5.41, 5.74) is 3.02. The minimum Gasteiger partial charge on any atom is -0.355 e. The van der Waals surface area contributed by atoms with Gasteiger partial charge in [-0.05, 0) is 61.2 Å². The first-order valence-corrected chi connectivity index (χ1v) is 11.8. The number of hydrogen-bond donors (Lipinski definition) is 0. The molecule has 6 nitrogen and oxygen atoms in total. The second kappa shape index (κ2) is 7.68. The van der Waals surface area contributed by atoms with Gasteiger partial charge in [0.1, 0.15) is 11.6 Å². The summed E-state index contributed by atoms with van der Waals surface area (Å²) in [6.07, 6.45) is -0.471. The van der Waals surface area contributed by atoms with Crippen LogP contribution < -0.4 is 4.90 Å². The zero-order valence-electron chi connectivity index (χ0n) is 18.7. The number of benzene rings is 1. The Balaban J connectivity index is 1.24. The number of hydrogen-bond acceptors (Lipinski definition) is 5. The third kappa shape index (κ3) is 3.84. The minimum absolute atomic E-state index is 0.0868. The average Bonchev–Trinajstić information content (AvgIpc) is 3.01. The first-order valence-electron chi connectivity index (χ1n) is 11.4. The number of halogens is 4. The van der Waals surface area contributed by atoms with Gasteiger partial charge in [0.2, 0.25) is 0 Å². The zero-order chi connectivity index (χ0) is 23.7. The Morgan fingerprint density at radius 3 is 2.62 bits per heavy atom. The van der Waals surface area contributed by atoms with Crippen molar-refractivity contribution in [1.29, 1.82) is 0 Å². The van der Waals surface area contributed by atoms with Crippen molar-refractivity contribution < 1.29 is 13.2 Å². The molecule has 10 heteroatoms. The fourth-order valence-electron chi connectivity index (χ4n) is 5.77. The van der Waals surface area contributed by atoms with Gasteiger partial charge in [0, 0.05) is 42.2 Å². The SMILES string of the molecule is Cc1ccnc(N2CC3(CC(c4nnc5n4-c4ccc(Cl)cc4CN(CC(F)(F)F)C5)C3)C2)c1. The average molecular weight is 489 g/mol. The molecule has 4 heterocycles. The summed E-state index contributed by atoms with van der Waals surface area (Å²) in [4.78, 5) is 8.15. The predicted molar refractivity (Wildman–Crippen MR) is 122 cm³/mol. The number of aromatic nitrogens is 4. The summed E-state index contributed by atoms with van der Waals surface area (Å²) in [5, 5.41) is 9.31. The van der Waals surface area contributed by atoms with Crippen LogP contribution in [0.2, 0.25) is 5.02 Å². The molecule has 2 aliphatic heterocycles. The first-order chi connectivity index (χ1) is 16.2. The van der Waals surface area contributed by atoms with Gasteiger partial charge in [-0.2, -0.15) is 13.2 Å². The Bertz CT molecular complexity index is 1240. The smallest absolute Gasteiger partial charge is 0.355 e. The van der Waals surface area contributed by atoms with Crippen molar-refractivity contribution in [3.05, 3.63) is 64.3 Å². The lowest BCUT2D eigenvalue weighted by Gasteiger charge is -2.59. The number of anilines is 1. The van der Waals surface area contributed by atoms with Crippen LogP contribution in [0.25, 0.3) is 5.69 Å². The van der Waals surface area contributed by atoms with E-state index in [1.807, 2.05) is 22.9 Å². The second-order valence-corrected chi connectivity index (χ2v) is 10.4. The highest BCUT2D eigenvalue weighted by molar-refractivity contribution is 6.30. The summed E-state index contributed by atoms with van der Waals surface area (Å²) in [6, 6.07) is 9.49. The fraction of sp³-hybridized carbons (Fsp3) is 0.458. The first kappa shape index (κ1) is 21.9. The molecule has 1 aromatic carbocycles. The molecule has 1 spiro atoms. The highest BCUT2D eigenvalue weighted by Gasteiger charge is 2.54. The van der Waals surface area contributed by atoms with E-state index in [0.717, 1.165) is 48.8 Å². The van der Waals surface area contributed by atoms with Gasteiger partial charge < -0.3 is 4.90 Å². The maximum absolute atomic E-state index is 13.2. The van der Waals surface area contributed by atoms with Gasteiger partial charge >= 0.3 is 6.18 Å². The van der Waals surface area contributed by atoms with E-state index < -0.39 is 12.7 Å². The summed E-state index contributed by atoms with van der Waals surface area (Å²) >= 11 is 6.20. The van der Waals surface area contributed by atoms with E-state index in [1.54, 1.807) is 12.1 Å². The molecule has 178 valence electrons. The van der Waals surface area contributed by atoms with Crippen LogP contribution in [-0.2, 0) is 13.1 Å². The number of alkyl halides is 3. The van der Waals surface area contributed by atoms with Gasteiger partial charge in [0.15, 0.2) is 5.82 Å². The molecule has 6 rings (SSSR count). The van der Waals surface area contributed by atoms with Crippen LogP contribution in [0.4, 0.5) is 19.0 Å². The van der Waals surface area contributed by atoms with Gasteiger partial charge in [-0.15, -0.1) is 10.2 Å². The molecule has 0 amide bonds. The standard InChI is InChI=1S/C24H24ClF3N6/c1-15-4-5-29-20(6-15)33-12-23(13-33)8-17(9-23)22-31-30-21-11-32(14-24(26,27)28)10-16-7-18(25)2-3-19(16)34(21)22/h2-7,17H,8-14H2,1H3. The zero-order valence-corrected chi connectivity index (χ0v) is 19.4. The van der Waals surface area contributed by atoms with Gasteiger partial charge in [0.25, 0.3) is 0 Å². The molecule has 0 bridgehead atoms. The van der Waals surface area contributed by atoms with Gasteiger partial charge in [-0.1, -0.05) is 11.6 Å². The number of fused-ring (bicyclic) bond motifs is 3. The van der Waals surface area contributed by atoms with Gasteiger partial charge in [-0.3, -0.25) is 9.47 Å². The van der Waals surface area contributed by atoms with E-state index in [0.29, 0.717) is 10.8 Å². The van der Waals surface area contributed by atoms with E-state index in [9.17, 15) is 13.2 Å². The third-order valence-electron chi connectivity index (χ3n) is 7.20. The largest absolute Gasteiger partial charge is 0.401 e. The van der Waals surface area contributed by atoms with E-state index in [2.05, 4.69) is 33.1 Å². The van der Waals surface area contributed by atoms with Crippen LogP contribution >= 0.6 is 11.6 Å². The van der Waals surface area contributed by atoms with Crippen molar-refractivity contribution in [2.45, 2.75) is 44.9 Å². The highest BCUT2D eigenvalue weighted by atomic mass is 35.5. The van der Waals surface area contributed by atoms with E-state index in [-0.39, 0.29) is 24.4 Å². The normalized spacial score (nSPS) is 19.9. The van der Waals surface area contributed by atoms with Crippen LogP contribution in [0.5, 0.6) is 0 Å². The maximum Gasteiger partial charge on any atom is 0.401 e. The Hall–Kier alpha value is -2.65.